The fraction of sp³-hybridized carbons (Fsp3) is 0.611. The number of carbonyl (C=O) groups is 1. The molecular formula is C18H28ClN3O3S. The van der Waals surface area contributed by atoms with Gasteiger partial charge in [-0.05, 0) is 56.8 Å². The number of carbonyl (C=O) groups excluding carboxylic acids is 1. The Kier molecular flexibility index (Phi) is 7.46. The summed E-state index contributed by atoms with van der Waals surface area (Å²) in [5.41, 5.74) is 1.08. The first-order valence-corrected chi connectivity index (χ1v) is 10.5. The summed E-state index contributed by atoms with van der Waals surface area (Å²) in [6.07, 6.45) is 5.05. The van der Waals surface area contributed by atoms with Crippen molar-refractivity contribution in [2.45, 2.75) is 50.0 Å². The number of piperidine rings is 1. The van der Waals surface area contributed by atoms with Gasteiger partial charge < -0.3 is 10.6 Å². The van der Waals surface area contributed by atoms with E-state index in [-0.39, 0.29) is 23.2 Å². The maximum absolute atomic E-state index is 12.9. The Balaban J connectivity index is 0.00000243. The van der Waals surface area contributed by atoms with Gasteiger partial charge >= 0.3 is 0 Å². The van der Waals surface area contributed by atoms with Crippen molar-refractivity contribution in [3.05, 3.63) is 29.3 Å². The smallest absolute Gasteiger partial charge is 0.251 e. The second kappa shape index (κ2) is 9.17. The van der Waals surface area contributed by atoms with E-state index in [1.54, 1.807) is 23.4 Å². The molecule has 1 amide bonds. The number of nitrogens with zero attached hydrogens (tertiary/aromatic N) is 1. The summed E-state index contributed by atoms with van der Waals surface area (Å²) in [5, 5.41) is 6.24. The van der Waals surface area contributed by atoms with Gasteiger partial charge in [-0.15, -0.1) is 12.4 Å². The van der Waals surface area contributed by atoms with Gasteiger partial charge in [-0.3, -0.25) is 4.79 Å². The first-order valence-electron chi connectivity index (χ1n) is 9.11. The zero-order chi connectivity index (χ0) is 17.9. The molecule has 2 aliphatic rings. The Morgan fingerprint density at radius 3 is 2.62 bits per heavy atom. The molecule has 1 unspecified atom stereocenters. The normalized spacial score (nSPS) is 21.2. The lowest BCUT2D eigenvalue weighted by Gasteiger charge is -2.26. The number of nitrogens with one attached hydrogen (secondary N) is 2. The summed E-state index contributed by atoms with van der Waals surface area (Å²) in [4.78, 5) is 12.7. The van der Waals surface area contributed by atoms with E-state index in [9.17, 15) is 13.2 Å². The van der Waals surface area contributed by atoms with Crippen LogP contribution in [0.1, 0.15) is 48.0 Å². The molecule has 1 atom stereocenters. The lowest BCUT2D eigenvalue weighted by molar-refractivity contribution is 0.0950. The second-order valence-electron chi connectivity index (χ2n) is 6.95. The average molecular weight is 402 g/mol. The molecule has 3 rings (SSSR count). The van der Waals surface area contributed by atoms with Gasteiger partial charge in [0.05, 0.1) is 4.90 Å². The highest BCUT2D eigenvalue weighted by Gasteiger charge is 2.28. The fourth-order valence-corrected chi connectivity index (χ4v) is 5.28. The number of benzene rings is 1. The van der Waals surface area contributed by atoms with E-state index >= 15 is 0 Å². The van der Waals surface area contributed by atoms with Gasteiger partial charge in [0.25, 0.3) is 5.91 Å². The molecule has 2 N–H and O–H groups in total. The van der Waals surface area contributed by atoms with Crippen molar-refractivity contribution in [2.75, 3.05) is 26.2 Å². The third kappa shape index (κ3) is 4.76. The second-order valence-corrected chi connectivity index (χ2v) is 8.85. The lowest BCUT2D eigenvalue weighted by atomic mass is 10.1. The van der Waals surface area contributed by atoms with Crippen LogP contribution in [0.2, 0.25) is 0 Å². The zero-order valence-electron chi connectivity index (χ0n) is 15.2. The summed E-state index contributed by atoms with van der Waals surface area (Å²) < 4.78 is 27.4. The molecule has 26 heavy (non-hydrogen) atoms. The number of rotatable bonds is 5. The van der Waals surface area contributed by atoms with Gasteiger partial charge in [0.1, 0.15) is 0 Å². The van der Waals surface area contributed by atoms with Crippen LogP contribution in [-0.4, -0.2) is 50.9 Å². The van der Waals surface area contributed by atoms with Crippen molar-refractivity contribution in [1.82, 2.24) is 14.9 Å². The summed E-state index contributed by atoms with van der Waals surface area (Å²) in [6.45, 7) is 4.46. The molecule has 2 heterocycles. The predicted molar refractivity (Wildman–Crippen MR) is 104 cm³/mol. The largest absolute Gasteiger partial charge is 0.350 e. The minimum atomic E-state index is -3.54. The first kappa shape index (κ1) is 21.2. The maximum atomic E-state index is 12.9. The summed E-state index contributed by atoms with van der Waals surface area (Å²) in [6, 6.07) is 5.25. The Hall–Kier alpha value is -1.15. The number of hydrogen-bond donors (Lipinski definition) is 2. The molecule has 8 heteroatoms. The molecule has 0 aromatic heterocycles. The number of hydrogen-bond acceptors (Lipinski definition) is 4. The molecule has 0 spiro atoms. The Morgan fingerprint density at radius 2 is 1.96 bits per heavy atom. The van der Waals surface area contributed by atoms with E-state index in [1.807, 2.05) is 0 Å². The van der Waals surface area contributed by atoms with E-state index in [2.05, 4.69) is 10.6 Å². The number of amides is 1. The van der Waals surface area contributed by atoms with Crippen molar-refractivity contribution in [2.24, 2.45) is 0 Å². The van der Waals surface area contributed by atoms with Gasteiger partial charge in [-0.1, -0.05) is 12.5 Å². The van der Waals surface area contributed by atoms with Crippen LogP contribution in [0.15, 0.2) is 23.1 Å². The van der Waals surface area contributed by atoms with Crippen molar-refractivity contribution in [1.29, 1.82) is 0 Å². The average Bonchev–Trinajstić information content (AvgIpc) is 3.14. The van der Waals surface area contributed by atoms with Crippen molar-refractivity contribution >= 4 is 28.3 Å². The Morgan fingerprint density at radius 1 is 1.23 bits per heavy atom. The number of aryl methyl sites for hydroxylation is 1. The molecule has 1 aromatic carbocycles. The van der Waals surface area contributed by atoms with Crippen LogP contribution in [0.3, 0.4) is 0 Å². The third-order valence-corrected chi connectivity index (χ3v) is 7.10. The van der Waals surface area contributed by atoms with E-state index in [4.69, 9.17) is 0 Å². The molecule has 6 nitrogen and oxygen atoms in total. The third-order valence-electron chi connectivity index (χ3n) is 5.05. The highest BCUT2D eigenvalue weighted by Crippen LogP contribution is 2.24. The monoisotopic (exact) mass is 401 g/mol. The van der Waals surface area contributed by atoms with Crippen molar-refractivity contribution in [3.8, 4) is 0 Å². The molecule has 146 valence electrons. The zero-order valence-corrected chi connectivity index (χ0v) is 16.8. The number of sulfonamides is 1. The van der Waals surface area contributed by atoms with Gasteiger partial charge in [0.2, 0.25) is 10.0 Å². The Labute approximate surface area is 162 Å². The maximum Gasteiger partial charge on any atom is 0.251 e. The van der Waals surface area contributed by atoms with Gasteiger partial charge in [-0.25, -0.2) is 8.42 Å². The Bertz CT molecular complexity index is 727. The standard InChI is InChI=1S/C18H27N3O3S.ClH/c1-14-7-8-15(18(22)20-13-16-6-5-9-19-16)12-17(14)25(23,24)21-10-3-2-4-11-21;/h7-8,12,16,19H,2-6,9-11,13H2,1H3,(H,20,22);1H. The van der Waals surface area contributed by atoms with Crippen LogP contribution in [0.4, 0.5) is 0 Å². The minimum Gasteiger partial charge on any atom is -0.350 e. The van der Waals surface area contributed by atoms with Crippen LogP contribution in [-0.2, 0) is 10.0 Å². The SMILES string of the molecule is Cc1ccc(C(=O)NCC2CCCN2)cc1S(=O)(=O)N1CCCCC1.Cl. The minimum absolute atomic E-state index is 0. The molecule has 0 radical (unpaired) electrons. The molecule has 1 aromatic rings. The molecular weight excluding hydrogens is 374 g/mol. The van der Waals surface area contributed by atoms with E-state index in [0.29, 0.717) is 36.8 Å². The molecule has 2 saturated heterocycles. The van der Waals surface area contributed by atoms with Gasteiger partial charge in [-0.2, -0.15) is 4.31 Å². The summed E-state index contributed by atoms with van der Waals surface area (Å²) in [7, 11) is -3.54. The lowest BCUT2D eigenvalue weighted by Crippen LogP contribution is -2.37. The quantitative estimate of drug-likeness (QED) is 0.791. The topological polar surface area (TPSA) is 78.5 Å². The molecule has 0 aliphatic carbocycles. The summed E-state index contributed by atoms with van der Waals surface area (Å²) in [5.74, 6) is -0.219. The first-order chi connectivity index (χ1) is 12.0. The van der Waals surface area contributed by atoms with E-state index in [1.165, 1.54) is 6.07 Å². The van der Waals surface area contributed by atoms with Crippen molar-refractivity contribution in [3.63, 3.8) is 0 Å². The van der Waals surface area contributed by atoms with Crippen molar-refractivity contribution < 1.29 is 13.2 Å². The highest BCUT2D eigenvalue weighted by atomic mass is 35.5. The van der Waals surface area contributed by atoms with Crippen LogP contribution in [0.25, 0.3) is 0 Å². The van der Waals surface area contributed by atoms with Gasteiger partial charge in [0.15, 0.2) is 0 Å². The molecule has 2 fully saturated rings. The molecule has 0 bridgehead atoms. The van der Waals surface area contributed by atoms with Crippen LogP contribution >= 0.6 is 12.4 Å². The van der Waals surface area contributed by atoms with Crippen LogP contribution < -0.4 is 10.6 Å². The fourth-order valence-electron chi connectivity index (χ4n) is 3.51. The molecule has 0 saturated carbocycles. The van der Waals surface area contributed by atoms with E-state index < -0.39 is 10.0 Å². The molecule has 2 aliphatic heterocycles. The summed E-state index contributed by atoms with van der Waals surface area (Å²) >= 11 is 0. The van der Waals surface area contributed by atoms with Crippen LogP contribution in [0, 0.1) is 6.92 Å². The predicted octanol–water partition coefficient (Wildman–Crippen LogP) is 2.07. The van der Waals surface area contributed by atoms with Gasteiger partial charge in [0, 0.05) is 31.2 Å². The van der Waals surface area contributed by atoms with Crippen LogP contribution in [0.5, 0.6) is 0 Å². The number of halogens is 1. The van der Waals surface area contributed by atoms with E-state index in [0.717, 1.165) is 38.6 Å². The highest BCUT2D eigenvalue weighted by molar-refractivity contribution is 7.89.